The van der Waals surface area contributed by atoms with Crippen molar-refractivity contribution in [1.29, 1.82) is 0 Å². The highest BCUT2D eigenvalue weighted by Crippen LogP contribution is 2.17. The predicted molar refractivity (Wildman–Crippen MR) is 122 cm³/mol. The van der Waals surface area contributed by atoms with Crippen LogP contribution in [0.4, 0.5) is 5.95 Å². The molecule has 1 atom stereocenters. The molecule has 0 fully saturated rings. The number of benzene rings is 1. The number of nitrogens with zero attached hydrogens (tertiary/aromatic N) is 4. The molecule has 0 spiro atoms. The quantitative estimate of drug-likeness (QED) is 0.314. The number of anilines is 1. The van der Waals surface area contributed by atoms with Gasteiger partial charge in [0.15, 0.2) is 11.2 Å². The number of fused-ring (bicyclic) bond motifs is 1. The van der Waals surface area contributed by atoms with Gasteiger partial charge in [-0.2, -0.15) is 10.1 Å². The summed E-state index contributed by atoms with van der Waals surface area (Å²) in [5.41, 5.74) is 2.76. The van der Waals surface area contributed by atoms with E-state index in [1.807, 2.05) is 45.0 Å². The molecule has 0 radical (unpaired) electrons. The van der Waals surface area contributed by atoms with Gasteiger partial charge in [0.25, 0.3) is 5.56 Å². The molecule has 0 aliphatic carbocycles. The van der Waals surface area contributed by atoms with Crippen LogP contribution < -0.4 is 21.4 Å². The third-order valence-electron chi connectivity index (χ3n) is 4.59. The van der Waals surface area contributed by atoms with E-state index < -0.39 is 17.4 Å². The van der Waals surface area contributed by atoms with Crippen LogP contribution in [0.3, 0.4) is 0 Å². The van der Waals surface area contributed by atoms with Gasteiger partial charge in [0.05, 0.1) is 38.2 Å². The Balaban J connectivity index is 1.90. The molecule has 0 amide bonds. The van der Waals surface area contributed by atoms with Crippen LogP contribution in [0, 0.1) is 0 Å². The summed E-state index contributed by atoms with van der Waals surface area (Å²) in [5.74, 6) is 0.967. The number of nitrogens with one attached hydrogen (secondary N) is 2. The van der Waals surface area contributed by atoms with Crippen LogP contribution in [0.25, 0.3) is 11.2 Å². The summed E-state index contributed by atoms with van der Waals surface area (Å²) in [7, 11) is 1.50. The fourth-order valence-corrected chi connectivity index (χ4v) is 3.05. The smallest absolute Gasteiger partial charge is 0.329 e. The molecule has 3 rings (SSSR count). The minimum absolute atomic E-state index is 0.0193. The minimum atomic E-state index is -0.901. The summed E-state index contributed by atoms with van der Waals surface area (Å²) >= 11 is 0. The van der Waals surface area contributed by atoms with Gasteiger partial charge < -0.3 is 19.1 Å². The zero-order valence-electron chi connectivity index (χ0n) is 18.5. The Bertz CT molecular complexity index is 1190. The molecule has 11 heteroatoms. The van der Waals surface area contributed by atoms with Crippen LogP contribution in [0.15, 0.2) is 39.0 Å². The number of hydrazone groups is 1. The second-order valence-electron chi connectivity index (χ2n) is 7.44. The van der Waals surface area contributed by atoms with E-state index in [0.29, 0.717) is 6.61 Å². The van der Waals surface area contributed by atoms with Gasteiger partial charge in [0.1, 0.15) is 5.75 Å². The fraction of sp³-hybridized carbons (Fsp3) is 0.429. The first kappa shape index (κ1) is 23.2. The van der Waals surface area contributed by atoms with Crippen LogP contribution in [-0.4, -0.2) is 55.8 Å². The Morgan fingerprint density at radius 2 is 2.00 bits per heavy atom. The molecule has 1 unspecified atom stereocenters. The molecule has 1 aromatic carbocycles. The van der Waals surface area contributed by atoms with E-state index in [1.165, 1.54) is 16.2 Å². The van der Waals surface area contributed by atoms with E-state index >= 15 is 0 Å². The normalized spacial score (nSPS) is 12.7. The van der Waals surface area contributed by atoms with E-state index in [0.717, 1.165) is 11.3 Å². The number of H-pyrrole nitrogens is 1. The van der Waals surface area contributed by atoms with Gasteiger partial charge in [-0.1, -0.05) is 0 Å². The van der Waals surface area contributed by atoms with Gasteiger partial charge in [-0.3, -0.25) is 14.3 Å². The van der Waals surface area contributed by atoms with Crippen molar-refractivity contribution in [3.05, 3.63) is 50.7 Å². The summed E-state index contributed by atoms with van der Waals surface area (Å²) in [6.07, 6.45) is 0.632. The Morgan fingerprint density at radius 3 is 2.66 bits per heavy atom. The van der Waals surface area contributed by atoms with Crippen molar-refractivity contribution >= 4 is 23.3 Å². The van der Waals surface area contributed by atoms with E-state index in [4.69, 9.17) is 9.47 Å². The molecule has 32 heavy (non-hydrogen) atoms. The van der Waals surface area contributed by atoms with Gasteiger partial charge in [0.2, 0.25) is 5.95 Å². The van der Waals surface area contributed by atoms with Crippen molar-refractivity contribution in [2.45, 2.75) is 39.5 Å². The molecule has 172 valence electrons. The zero-order chi connectivity index (χ0) is 23.3. The molecular weight excluding hydrogens is 416 g/mol. The third kappa shape index (κ3) is 5.42. The van der Waals surface area contributed by atoms with Crippen molar-refractivity contribution in [2.24, 2.45) is 12.1 Å². The van der Waals surface area contributed by atoms with Gasteiger partial charge in [-0.05, 0) is 50.6 Å². The monoisotopic (exact) mass is 444 g/mol. The summed E-state index contributed by atoms with van der Waals surface area (Å²) in [4.78, 5) is 31.1. The van der Waals surface area contributed by atoms with Gasteiger partial charge in [-0.15, -0.1) is 0 Å². The number of hydrogen-bond acceptors (Lipinski definition) is 8. The first-order chi connectivity index (χ1) is 15.3. The lowest BCUT2D eigenvalue weighted by molar-refractivity contribution is -0.000105. The van der Waals surface area contributed by atoms with Gasteiger partial charge >= 0.3 is 5.69 Å². The number of aliphatic hydroxyl groups is 1. The first-order valence-corrected chi connectivity index (χ1v) is 10.3. The first-order valence-electron chi connectivity index (χ1n) is 10.3. The molecule has 0 bridgehead atoms. The largest absolute Gasteiger partial charge is 0.494 e. The maximum atomic E-state index is 12.5. The topological polar surface area (TPSA) is 136 Å². The van der Waals surface area contributed by atoms with Crippen LogP contribution in [0.1, 0.15) is 26.3 Å². The number of rotatable bonds is 10. The molecule has 0 aliphatic rings. The SMILES string of the molecule is CCOc1ccc(/C=N/Nc2nc3c(c(=O)[nH]c(=O)n3C)n2CC(O)COC(C)C)cc1. The van der Waals surface area contributed by atoms with Crippen LogP contribution >= 0.6 is 0 Å². The maximum Gasteiger partial charge on any atom is 0.329 e. The number of ether oxygens (including phenoxy) is 2. The summed E-state index contributed by atoms with van der Waals surface area (Å²) < 4.78 is 13.6. The predicted octanol–water partition coefficient (Wildman–Crippen LogP) is 1.05. The summed E-state index contributed by atoms with van der Waals surface area (Å²) in [6, 6.07) is 7.36. The number of imidazole rings is 1. The molecular formula is C21H28N6O5. The van der Waals surface area contributed by atoms with Crippen molar-refractivity contribution in [3.8, 4) is 5.75 Å². The lowest BCUT2D eigenvalue weighted by Crippen LogP contribution is -2.30. The maximum absolute atomic E-state index is 12.5. The zero-order valence-corrected chi connectivity index (χ0v) is 18.5. The molecule has 0 aliphatic heterocycles. The Hall–Kier alpha value is -3.44. The average molecular weight is 444 g/mol. The third-order valence-corrected chi connectivity index (χ3v) is 4.59. The number of aryl methyl sites for hydroxylation is 1. The van der Waals surface area contributed by atoms with Crippen LogP contribution in [0.5, 0.6) is 5.75 Å². The second-order valence-corrected chi connectivity index (χ2v) is 7.44. The van der Waals surface area contributed by atoms with E-state index in [-0.39, 0.29) is 36.4 Å². The Kier molecular flexibility index (Phi) is 7.44. The summed E-state index contributed by atoms with van der Waals surface area (Å²) in [6.45, 7) is 6.32. The minimum Gasteiger partial charge on any atom is -0.494 e. The van der Waals surface area contributed by atoms with E-state index in [9.17, 15) is 14.7 Å². The number of aromatic amines is 1. The molecule has 3 N–H and O–H groups in total. The van der Waals surface area contributed by atoms with Crippen molar-refractivity contribution in [1.82, 2.24) is 19.1 Å². The average Bonchev–Trinajstić information content (AvgIpc) is 3.11. The Morgan fingerprint density at radius 1 is 1.28 bits per heavy atom. The highest BCUT2D eigenvalue weighted by Gasteiger charge is 2.19. The van der Waals surface area contributed by atoms with Crippen molar-refractivity contribution in [3.63, 3.8) is 0 Å². The Labute approximate surface area is 184 Å². The highest BCUT2D eigenvalue weighted by atomic mass is 16.5. The molecule has 3 aromatic rings. The van der Waals surface area contributed by atoms with Crippen LogP contribution in [0.2, 0.25) is 0 Å². The van der Waals surface area contributed by atoms with Crippen LogP contribution in [-0.2, 0) is 18.3 Å². The van der Waals surface area contributed by atoms with E-state index in [1.54, 1.807) is 6.21 Å². The molecule has 2 heterocycles. The molecule has 0 saturated heterocycles. The highest BCUT2D eigenvalue weighted by molar-refractivity contribution is 5.80. The molecule has 0 saturated carbocycles. The number of aromatic nitrogens is 4. The second kappa shape index (κ2) is 10.2. The fourth-order valence-electron chi connectivity index (χ4n) is 3.05. The number of aliphatic hydroxyl groups excluding tert-OH is 1. The molecule has 2 aromatic heterocycles. The summed E-state index contributed by atoms with van der Waals surface area (Å²) in [5, 5.41) is 14.6. The molecule has 11 nitrogen and oxygen atoms in total. The van der Waals surface area contributed by atoms with Crippen molar-refractivity contribution < 1.29 is 14.6 Å². The number of hydrogen-bond donors (Lipinski definition) is 3. The van der Waals surface area contributed by atoms with Gasteiger partial charge in [0, 0.05) is 7.05 Å². The lowest BCUT2D eigenvalue weighted by Gasteiger charge is -2.15. The lowest BCUT2D eigenvalue weighted by atomic mass is 10.2. The van der Waals surface area contributed by atoms with Gasteiger partial charge in [-0.25, -0.2) is 10.2 Å². The van der Waals surface area contributed by atoms with Crippen molar-refractivity contribution in [2.75, 3.05) is 18.6 Å². The standard InChI is InChI=1S/C21H28N6O5/c1-5-31-16-8-6-14(7-9-16)10-22-25-20-23-18-17(19(29)24-21(30)26(18)4)27(20)11-15(28)12-32-13(2)3/h6-10,13,15,28H,5,11-12H2,1-4H3,(H,23,25)(H,24,29,30)/b22-10+. The van der Waals surface area contributed by atoms with E-state index in [2.05, 4.69) is 20.5 Å².